The van der Waals surface area contributed by atoms with E-state index in [-0.39, 0.29) is 5.56 Å². The Kier molecular flexibility index (Phi) is 3.75. The van der Waals surface area contributed by atoms with E-state index in [1.807, 2.05) is 40.2 Å². The molecule has 0 N–H and O–H groups in total. The average molecular weight is 325 g/mol. The smallest absolute Gasteiger partial charge is 0.261 e. The molecular weight excluding hydrogens is 306 g/mol. The van der Waals surface area contributed by atoms with Gasteiger partial charge in [0.2, 0.25) is 0 Å². The first kappa shape index (κ1) is 14.6. The Balaban J connectivity index is 1.64. The summed E-state index contributed by atoms with van der Waals surface area (Å²) in [6, 6.07) is 9.81. The van der Waals surface area contributed by atoms with Crippen molar-refractivity contribution in [2.24, 2.45) is 0 Å². The minimum atomic E-state index is 0.0970. The van der Waals surface area contributed by atoms with Crippen LogP contribution in [0.25, 0.3) is 10.9 Å². The van der Waals surface area contributed by atoms with E-state index in [9.17, 15) is 4.79 Å². The fourth-order valence-corrected chi connectivity index (χ4v) is 4.12. The van der Waals surface area contributed by atoms with Gasteiger partial charge in [-0.15, -0.1) is 11.3 Å². The summed E-state index contributed by atoms with van der Waals surface area (Å²) >= 11 is 1.81. The molecule has 0 radical (unpaired) electrons. The summed E-state index contributed by atoms with van der Waals surface area (Å²) < 4.78 is 1.86. The monoisotopic (exact) mass is 325 g/mol. The quantitative estimate of drug-likeness (QED) is 0.727. The summed E-state index contributed by atoms with van der Waals surface area (Å²) in [6.45, 7) is 5.69. The normalized spacial score (nSPS) is 15.5. The molecule has 0 atom stereocenters. The SMILES string of the molecule is Cc1ccsc1CN1CCc2nc3ccccc3c(=O)n2CC1. The fraction of sp³-hybridized carbons (Fsp3) is 0.333. The lowest BCUT2D eigenvalue weighted by Crippen LogP contribution is -2.28. The largest absolute Gasteiger partial charge is 0.296 e. The number of aryl methyl sites for hydroxylation is 1. The van der Waals surface area contributed by atoms with Crippen molar-refractivity contribution in [1.29, 1.82) is 0 Å². The van der Waals surface area contributed by atoms with Gasteiger partial charge in [0.05, 0.1) is 10.9 Å². The van der Waals surface area contributed by atoms with Gasteiger partial charge in [0.25, 0.3) is 5.56 Å². The van der Waals surface area contributed by atoms with Gasteiger partial charge >= 0.3 is 0 Å². The molecular formula is C18H19N3OS. The van der Waals surface area contributed by atoms with Crippen molar-refractivity contribution < 1.29 is 0 Å². The van der Waals surface area contributed by atoms with Crippen molar-refractivity contribution in [3.05, 3.63) is 62.3 Å². The standard InChI is InChI=1S/C18H19N3OS/c1-13-7-11-23-16(13)12-20-8-6-17-19-15-5-3-2-4-14(15)18(22)21(17)10-9-20/h2-5,7,11H,6,8-10,12H2,1H3. The van der Waals surface area contributed by atoms with Gasteiger partial charge in [0.1, 0.15) is 5.82 Å². The molecule has 3 heterocycles. The van der Waals surface area contributed by atoms with E-state index in [1.54, 1.807) is 0 Å². The Bertz CT molecular complexity index is 912. The number of aromatic nitrogens is 2. The molecule has 2 aromatic heterocycles. The number of rotatable bonds is 2. The third kappa shape index (κ3) is 2.71. The predicted molar refractivity (Wildman–Crippen MR) is 94.0 cm³/mol. The number of hydrogen-bond donors (Lipinski definition) is 0. The van der Waals surface area contributed by atoms with E-state index in [4.69, 9.17) is 4.98 Å². The van der Waals surface area contributed by atoms with Gasteiger partial charge in [-0.05, 0) is 36.1 Å². The molecule has 0 saturated carbocycles. The number of hydrogen-bond acceptors (Lipinski definition) is 4. The Morgan fingerprint density at radius 1 is 1.17 bits per heavy atom. The second-order valence-electron chi connectivity index (χ2n) is 6.05. The zero-order chi connectivity index (χ0) is 15.8. The molecule has 0 spiro atoms. The van der Waals surface area contributed by atoms with E-state index < -0.39 is 0 Å². The highest BCUT2D eigenvalue weighted by molar-refractivity contribution is 7.10. The van der Waals surface area contributed by atoms with Crippen molar-refractivity contribution in [3.63, 3.8) is 0 Å². The lowest BCUT2D eigenvalue weighted by molar-refractivity contribution is 0.273. The van der Waals surface area contributed by atoms with Crippen molar-refractivity contribution >= 4 is 22.2 Å². The first-order chi connectivity index (χ1) is 11.2. The molecule has 0 aliphatic carbocycles. The third-order valence-corrected chi connectivity index (χ3v) is 5.58. The highest BCUT2D eigenvalue weighted by Gasteiger charge is 2.18. The first-order valence-electron chi connectivity index (χ1n) is 7.96. The molecule has 1 aromatic carbocycles. The van der Waals surface area contributed by atoms with Crippen LogP contribution in [0.2, 0.25) is 0 Å². The summed E-state index contributed by atoms with van der Waals surface area (Å²) in [7, 11) is 0. The van der Waals surface area contributed by atoms with Crippen LogP contribution >= 0.6 is 11.3 Å². The molecule has 4 rings (SSSR count). The van der Waals surface area contributed by atoms with E-state index in [2.05, 4.69) is 23.3 Å². The molecule has 3 aromatic rings. The van der Waals surface area contributed by atoms with Gasteiger partial charge in [-0.3, -0.25) is 14.3 Å². The van der Waals surface area contributed by atoms with Gasteiger partial charge in [-0.1, -0.05) is 12.1 Å². The molecule has 0 saturated heterocycles. The van der Waals surface area contributed by atoms with E-state index in [0.29, 0.717) is 0 Å². The lowest BCUT2D eigenvalue weighted by Gasteiger charge is -2.18. The van der Waals surface area contributed by atoms with Crippen LogP contribution < -0.4 is 5.56 Å². The Labute approximate surface area is 139 Å². The van der Waals surface area contributed by atoms with E-state index >= 15 is 0 Å². The van der Waals surface area contributed by atoms with Crippen LogP contribution in [-0.4, -0.2) is 27.5 Å². The van der Waals surface area contributed by atoms with Gasteiger partial charge in [-0.25, -0.2) is 4.98 Å². The molecule has 23 heavy (non-hydrogen) atoms. The van der Waals surface area contributed by atoms with Crippen molar-refractivity contribution in [2.45, 2.75) is 26.4 Å². The summed E-state index contributed by atoms with van der Waals surface area (Å²) in [5.41, 5.74) is 2.27. The van der Waals surface area contributed by atoms with Crippen LogP contribution in [0, 0.1) is 6.92 Å². The topological polar surface area (TPSA) is 38.1 Å². The summed E-state index contributed by atoms with van der Waals surface area (Å²) in [6.07, 6.45) is 0.824. The van der Waals surface area contributed by atoms with Crippen LogP contribution in [0.1, 0.15) is 16.3 Å². The number of para-hydroxylation sites is 1. The number of nitrogens with zero attached hydrogens (tertiary/aromatic N) is 3. The highest BCUT2D eigenvalue weighted by Crippen LogP contribution is 2.19. The number of thiophene rings is 1. The van der Waals surface area contributed by atoms with Crippen molar-refractivity contribution in [3.8, 4) is 0 Å². The Morgan fingerprint density at radius 3 is 2.87 bits per heavy atom. The zero-order valence-electron chi connectivity index (χ0n) is 13.2. The molecule has 0 amide bonds. The van der Waals surface area contributed by atoms with Gasteiger partial charge in [0, 0.05) is 37.5 Å². The van der Waals surface area contributed by atoms with E-state index in [0.717, 1.165) is 49.3 Å². The maximum Gasteiger partial charge on any atom is 0.261 e. The van der Waals surface area contributed by atoms with Crippen LogP contribution in [0.5, 0.6) is 0 Å². The first-order valence-corrected chi connectivity index (χ1v) is 8.84. The summed E-state index contributed by atoms with van der Waals surface area (Å²) in [5, 5.41) is 2.87. The minimum Gasteiger partial charge on any atom is -0.296 e. The van der Waals surface area contributed by atoms with Crippen molar-refractivity contribution in [2.75, 3.05) is 13.1 Å². The Morgan fingerprint density at radius 2 is 2.04 bits per heavy atom. The number of benzene rings is 1. The Hall–Kier alpha value is -1.98. The zero-order valence-corrected chi connectivity index (χ0v) is 14.0. The summed E-state index contributed by atoms with van der Waals surface area (Å²) in [4.78, 5) is 21.3. The van der Waals surface area contributed by atoms with Gasteiger partial charge in [-0.2, -0.15) is 0 Å². The van der Waals surface area contributed by atoms with E-state index in [1.165, 1.54) is 10.4 Å². The number of fused-ring (bicyclic) bond motifs is 2. The molecule has 1 aliphatic heterocycles. The average Bonchev–Trinajstić information content (AvgIpc) is 2.85. The fourth-order valence-electron chi connectivity index (χ4n) is 3.17. The van der Waals surface area contributed by atoms with Crippen LogP contribution in [0.3, 0.4) is 0 Å². The molecule has 118 valence electrons. The maximum atomic E-state index is 12.7. The van der Waals surface area contributed by atoms with Crippen molar-refractivity contribution in [1.82, 2.24) is 14.5 Å². The predicted octanol–water partition coefficient (Wildman–Crippen LogP) is 2.82. The lowest BCUT2D eigenvalue weighted by atomic mass is 10.2. The van der Waals surface area contributed by atoms with Crippen LogP contribution in [0.15, 0.2) is 40.5 Å². The second-order valence-corrected chi connectivity index (χ2v) is 7.06. The third-order valence-electron chi connectivity index (χ3n) is 4.57. The molecule has 0 bridgehead atoms. The molecule has 0 unspecified atom stereocenters. The van der Waals surface area contributed by atoms with Crippen LogP contribution in [-0.2, 0) is 19.5 Å². The minimum absolute atomic E-state index is 0.0970. The highest BCUT2D eigenvalue weighted by atomic mass is 32.1. The maximum absolute atomic E-state index is 12.7. The van der Waals surface area contributed by atoms with Gasteiger partial charge < -0.3 is 0 Å². The molecule has 0 fully saturated rings. The molecule has 4 nitrogen and oxygen atoms in total. The summed E-state index contributed by atoms with van der Waals surface area (Å²) in [5.74, 6) is 0.916. The van der Waals surface area contributed by atoms with Crippen LogP contribution in [0.4, 0.5) is 0 Å². The molecule has 5 heteroatoms. The molecule has 1 aliphatic rings. The second kappa shape index (κ2) is 5.91. The van der Waals surface area contributed by atoms with Gasteiger partial charge in [0.15, 0.2) is 0 Å².